The van der Waals surface area contributed by atoms with E-state index in [2.05, 4.69) is 25.8 Å². The number of ether oxygens (including phenoxy) is 2. The van der Waals surface area contributed by atoms with E-state index < -0.39 is 12.0 Å². The van der Waals surface area contributed by atoms with Crippen LogP contribution in [0.15, 0.2) is 69.6 Å². The number of fused-ring (bicyclic) bond motifs is 1. The van der Waals surface area contributed by atoms with Gasteiger partial charge in [-0.1, -0.05) is 68.5 Å². The molecular weight excluding hydrogens is 448 g/mol. The highest BCUT2D eigenvalue weighted by Crippen LogP contribution is 2.32. The van der Waals surface area contributed by atoms with E-state index in [1.54, 1.807) is 18.6 Å². The molecule has 6 nitrogen and oxygen atoms in total. The topological polar surface area (TPSA) is 69.9 Å². The number of allylic oxidation sites excluding steroid dienone is 1. The van der Waals surface area contributed by atoms with Gasteiger partial charge in [0.15, 0.2) is 4.80 Å². The van der Waals surface area contributed by atoms with Crippen molar-refractivity contribution >= 4 is 23.4 Å². The largest absolute Gasteiger partial charge is 0.497 e. The Hall–Kier alpha value is -3.45. The Kier molecular flexibility index (Phi) is 6.32. The van der Waals surface area contributed by atoms with E-state index in [1.807, 2.05) is 54.6 Å². The fourth-order valence-corrected chi connectivity index (χ4v) is 5.07. The molecule has 0 radical (unpaired) electrons. The number of benzene rings is 2. The van der Waals surface area contributed by atoms with Crippen molar-refractivity contribution in [1.82, 2.24) is 4.57 Å². The highest BCUT2D eigenvalue weighted by Gasteiger charge is 2.33. The molecule has 0 saturated carbocycles. The van der Waals surface area contributed by atoms with Crippen LogP contribution in [0.5, 0.6) is 5.75 Å². The van der Waals surface area contributed by atoms with Crippen LogP contribution in [0.4, 0.5) is 0 Å². The van der Waals surface area contributed by atoms with E-state index in [1.165, 1.54) is 24.0 Å². The minimum atomic E-state index is -0.615. The van der Waals surface area contributed by atoms with E-state index in [4.69, 9.17) is 9.47 Å². The first-order valence-corrected chi connectivity index (χ1v) is 11.8. The number of esters is 1. The molecule has 0 amide bonds. The number of hydrogen-bond donors (Lipinski definition) is 0. The first kappa shape index (κ1) is 23.7. The van der Waals surface area contributed by atoms with E-state index in [9.17, 15) is 9.59 Å². The van der Waals surface area contributed by atoms with Gasteiger partial charge in [0.2, 0.25) is 0 Å². The van der Waals surface area contributed by atoms with Gasteiger partial charge in [0, 0.05) is 0 Å². The summed E-state index contributed by atoms with van der Waals surface area (Å²) in [5, 5.41) is 0. The molecule has 0 bridgehead atoms. The van der Waals surface area contributed by atoms with Crippen molar-refractivity contribution in [3.8, 4) is 5.75 Å². The molecule has 7 heteroatoms. The normalized spacial score (nSPS) is 16.2. The lowest BCUT2D eigenvalue weighted by molar-refractivity contribution is -0.136. The van der Waals surface area contributed by atoms with Crippen molar-refractivity contribution in [3.63, 3.8) is 0 Å². The number of methoxy groups -OCH3 is 2. The summed E-state index contributed by atoms with van der Waals surface area (Å²) in [6.45, 7) is 8.22. The maximum Gasteiger partial charge on any atom is 0.338 e. The van der Waals surface area contributed by atoms with Crippen LogP contribution in [0.2, 0.25) is 0 Å². The number of nitrogens with zero attached hydrogens (tertiary/aromatic N) is 2. The van der Waals surface area contributed by atoms with E-state index >= 15 is 0 Å². The standard InChI is InChI=1S/C27H28N2O4S/c1-16-22(25(31)33-6)23(18-9-11-19(12-10-18)27(2,3)4)29-24(30)21(34-26(29)28-16)15-17-7-13-20(32-5)14-8-17/h7-15,23H,1-6H3. The molecule has 2 aromatic carbocycles. The number of carbonyl (C=O) groups is 1. The maximum absolute atomic E-state index is 13.6. The molecule has 3 aromatic rings. The number of rotatable bonds is 4. The van der Waals surface area contributed by atoms with Gasteiger partial charge >= 0.3 is 5.97 Å². The minimum Gasteiger partial charge on any atom is -0.497 e. The lowest BCUT2D eigenvalue weighted by Crippen LogP contribution is -2.39. The fraction of sp³-hybridized carbons (Fsp3) is 0.296. The van der Waals surface area contributed by atoms with Crippen LogP contribution in [0, 0.1) is 0 Å². The van der Waals surface area contributed by atoms with Gasteiger partial charge in [-0.3, -0.25) is 9.36 Å². The molecule has 1 aromatic heterocycles. The van der Waals surface area contributed by atoms with Crippen LogP contribution in [-0.2, 0) is 14.9 Å². The Morgan fingerprint density at radius 2 is 1.71 bits per heavy atom. The molecule has 0 saturated heterocycles. The first-order valence-electron chi connectivity index (χ1n) is 11.0. The summed E-state index contributed by atoms with van der Waals surface area (Å²) in [6.07, 6.45) is 1.83. The van der Waals surface area contributed by atoms with Gasteiger partial charge < -0.3 is 9.47 Å². The third kappa shape index (κ3) is 4.35. The van der Waals surface area contributed by atoms with Crippen molar-refractivity contribution in [2.45, 2.75) is 39.2 Å². The van der Waals surface area contributed by atoms with Crippen molar-refractivity contribution in [1.29, 1.82) is 0 Å². The van der Waals surface area contributed by atoms with Crippen LogP contribution in [-0.4, -0.2) is 24.8 Å². The van der Waals surface area contributed by atoms with Gasteiger partial charge in [0.1, 0.15) is 5.75 Å². The third-order valence-electron chi connectivity index (χ3n) is 5.93. The van der Waals surface area contributed by atoms with Gasteiger partial charge in [0.25, 0.3) is 5.56 Å². The zero-order chi connectivity index (χ0) is 24.6. The van der Waals surface area contributed by atoms with E-state index in [-0.39, 0.29) is 11.0 Å². The Bertz CT molecular complexity index is 1440. The molecule has 1 aliphatic rings. The molecule has 2 heterocycles. The van der Waals surface area contributed by atoms with Crippen LogP contribution in [0.25, 0.3) is 6.08 Å². The zero-order valence-electron chi connectivity index (χ0n) is 20.2. The quantitative estimate of drug-likeness (QED) is 0.539. The molecule has 1 aliphatic heterocycles. The Balaban J connectivity index is 1.91. The van der Waals surface area contributed by atoms with Crippen LogP contribution in [0.1, 0.15) is 50.4 Å². The predicted molar refractivity (Wildman–Crippen MR) is 134 cm³/mol. The summed E-state index contributed by atoms with van der Waals surface area (Å²) in [4.78, 5) is 31.5. The Morgan fingerprint density at radius 3 is 2.26 bits per heavy atom. The van der Waals surface area contributed by atoms with Crippen molar-refractivity contribution < 1.29 is 14.3 Å². The number of thiazole rings is 1. The Labute approximate surface area is 202 Å². The second-order valence-corrected chi connectivity index (χ2v) is 10.2. The lowest BCUT2D eigenvalue weighted by Gasteiger charge is -2.25. The summed E-state index contributed by atoms with van der Waals surface area (Å²) in [7, 11) is 2.96. The molecule has 0 aliphatic carbocycles. The third-order valence-corrected chi connectivity index (χ3v) is 6.92. The smallest absolute Gasteiger partial charge is 0.338 e. The summed E-state index contributed by atoms with van der Waals surface area (Å²) in [5.41, 5.74) is 3.59. The van der Waals surface area contributed by atoms with E-state index in [0.717, 1.165) is 16.9 Å². The first-order chi connectivity index (χ1) is 16.1. The fourth-order valence-electron chi connectivity index (χ4n) is 4.02. The van der Waals surface area contributed by atoms with Gasteiger partial charge in [-0.2, -0.15) is 0 Å². The Morgan fingerprint density at radius 1 is 1.06 bits per heavy atom. The number of aromatic nitrogens is 1. The van der Waals surface area contributed by atoms with E-state index in [0.29, 0.717) is 20.6 Å². The molecule has 4 rings (SSSR count). The number of hydrogen-bond acceptors (Lipinski definition) is 6. The average Bonchev–Trinajstić information content (AvgIpc) is 3.12. The SMILES string of the molecule is COC(=O)C1=C(C)N=c2sc(=Cc3ccc(OC)cc3)c(=O)n2C1c1ccc(C(C)(C)C)cc1. The number of carbonyl (C=O) groups excluding carboxylic acids is 1. The molecule has 1 atom stereocenters. The maximum atomic E-state index is 13.6. The second-order valence-electron chi connectivity index (χ2n) is 9.22. The van der Waals surface area contributed by atoms with Crippen LogP contribution < -0.4 is 19.6 Å². The molecule has 176 valence electrons. The van der Waals surface area contributed by atoms with Gasteiger partial charge in [-0.15, -0.1) is 0 Å². The van der Waals surface area contributed by atoms with Crippen molar-refractivity contribution in [2.75, 3.05) is 14.2 Å². The molecule has 0 fully saturated rings. The monoisotopic (exact) mass is 476 g/mol. The van der Waals surface area contributed by atoms with Crippen LogP contribution >= 0.6 is 11.3 Å². The summed E-state index contributed by atoms with van der Waals surface area (Å²) in [5.74, 6) is 0.256. The average molecular weight is 477 g/mol. The summed E-state index contributed by atoms with van der Waals surface area (Å²) >= 11 is 1.31. The minimum absolute atomic E-state index is 0.0117. The predicted octanol–water partition coefficient (Wildman–Crippen LogP) is 3.71. The van der Waals surface area contributed by atoms with Gasteiger partial charge in [-0.25, -0.2) is 9.79 Å². The molecule has 1 unspecified atom stereocenters. The van der Waals surface area contributed by atoms with Crippen LogP contribution in [0.3, 0.4) is 0 Å². The van der Waals surface area contributed by atoms with Crippen molar-refractivity contribution in [2.24, 2.45) is 4.99 Å². The zero-order valence-corrected chi connectivity index (χ0v) is 21.0. The molecule has 0 N–H and O–H groups in total. The highest BCUT2D eigenvalue weighted by molar-refractivity contribution is 7.07. The lowest BCUT2D eigenvalue weighted by atomic mass is 9.85. The van der Waals surface area contributed by atoms with Crippen molar-refractivity contribution in [3.05, 3.63) is 96.2 Å². The van der Waals surface area contributed by atoms with Gasteiger partial charge in [0.05, 0.1) is 36.1 Å². The molecule has 34 heavy (non-hydrogen) atoms. The summed E-state index contributed by atoms with van der Waals surface area (Å²) < 4.78 is 12.4. The van der Waals surface area contributed by atoms with Gasteiger partial charge in [-0.05, 0) is 47.2 Å². The second kappa shape index (κ2) is 9.06. The highest BCUT2D eigenvalue weighted by atomic mass is 32.1. The molecular formula is C27H28N2O4S. The summed E-state index contributed by atoms with van der Waals surface area (Å²) in [6, 6.07) is 14.9. The molecule has 0 spiro atoms.